The van der Waals surface area contributed by atoms with Gasteiger partial charge in [-0.15, -0.1) is 0 Å². The van der Waals surface area contributed by atoms with Crippen LogP contribution in [0, 0.1) is 0 Å². The van der Waals surface area contributed by atoms with Crippen LogP contribution < -0.4 is 0 Å². The monoisotopic (exact) mass is 306 g/mol. The number of carbonyl (C=O) groups is 2. The largest absolute Gasteiger partial charge is 0.478 e. The summed E-state index contributed by atoms with van der Waals surface area (Å²) >= 11 is 6.20. The molecule has 0 spiro atoms. The van der Waals surface area contributed by atoms with Gasteiger partial charge in [-0.05, 0) is 44.0 Å². The molecular weight excluding hydrogens is 304 g/mol. The maximum atomic E-state index is 10.6. The molecule has 0 heterocycles. The number of hydrogen-bond donors (Lipinski definition) is 1. The summed E-state index contributed by atoms with van der Waals surface area (Å²) in [4.78, 5) is 21.1. The number of hydrogen-bond acceptors (Lipinski definition) is 2. The van der Waals surface area contributed by atoms with E-state index in [4.69, 9.17) is 5.11 Å². The zero-order valence-corrected chi connectivity index (χ0v) is 9.42. The Morgan fingerprint density at radius 2 is 1.92 bits per heavy atom. The Hall–Kier alpha value is -0.680. The highest BCUT2D eigenvalue weighted by molar-refractivity contribution is 9.13. The van der Waals surface area contributed by atoms with Gasteiger partial charge in [0.2, 0.25) is 0 Å². The van der Waals surface area contributed by atoms with Gasteiger partial charge in [0.1, 0.15) is 0 Å². The van der Waals surface area contributed by atoms with Crippen molar-refractivity contribution in [1.82, 2.24) is 0 Å². The number of carboxylic acids is 1. The minimum atomic E-state index is -1.04. The molecule has 68 valence electrons. The van der Waals surface area contributed by atoms with E-state index in [1.807, 2.05) is 0 Å². The van der Waals surface area contributed by atoms with Crippen LogP contribution in [-0.2, 0) is 0 Å². The van der Waals surface area contributed by atoms with Gasteiger partial charge in [-0.3, -0.25) is 4.79 Å². The van der Waals surface area contributed by atoms with Crippen molar-refractivity contribution in [2.24, 2.45) is 0 Å². The Bertz CT molecular complexity index is 374. The second-order valence-electron chi connectivity index (χ2n) is 2.25. The third kappa shape index (κ3) is 1.97. The quantitative estimate of drug-likeness (QED) is 0.855. The Labute approximate surface area is 91.0 Å². The van der Waals surface area contributed by atoms with Gasteiger partial charge in [-0.2, -0.15) is 0 Å². The van der Waals surface area contributed by atoms with E-state index in [0.717, 1.165) is 0 Å². The smallest absolute Gasteiger partial charge is 0.336 e. The zero-order chi connectivity index (χ0) is 10.0. The normalized spacial score (nSPS) is 9.69. The van der Waals surface area contributed by atoms with E-state index in [1.165, 1.54) is 12.1 Å². The number of benzene rings is 1. The van der Waals surface area contributed by atoms with E-state index < -0.39 is 5.97 Å². The molecule has 0 fully saturated rings. The number of carboxylic acid groups (broad SMARTS) is 1. The summed E-state index contributed by atoms with van der Waals surface area (Å²) in [5.41, 5.74) is 0.536. The third-order valence-corrected chi connectivity index (χ3v) is 3.68. The van der Waals surface area contributed by atoms with E-state index in [1.54, 1.807) is 0 Å². The molecule has 1 N–H and O–H groups in total. The van der Waals surface area contributed by atoms with Gasteiger partial charge < -0.3 is 5.11 Å². The van der Waals surface area contributed by atoms with Gasteiger partial charge in [0.05, 0.1) is 5.56 Å². The average molecular weight is 308 g/mol. The Kier molecular flexibility index (Phi) is 3.22. The first-order chi connectivity index (χ1) is 6.07. The molecule has 13 heavy (non-hydrogen) atoms. The molecule has 0 aliphatic rings. The zero-order valence-electron chi connectivity index (χ0n) is 6.25. The minimum absolute atomic E-state index is 0.123. The second-order valence-corrected chi connectivity index (χ2v) is 3.84. The Morgan fingerprint density at radius 3 is 2.38 bits per heavy atom. The molecule has 0 aliphatic heterocycles. The molecule has 0 radical (unpaired) electrons. The number of aromatic carboxylic acids is 1. The van der Waals surface area contributed by atoms with Crippen molar-refractivity contribution in [2.45, 2.75) is 0 Å². The summed E-state index contributed by atoms with van der Waals surface area (Å²) in [5, 5.41) is 8.71. The highest BCUT2D eigenvalue weighted by Gasteiger charge is 2.13. The van der Waals surface area contributed by atoms with Gasteiger partial charge in [-0.25, -0.2) is 4.79 Å². The lowest BCUT2D eigenvalue weighted by atomic mass is 10.1. The molecule has 0 atom stereocenters. The molecular formula is C8H4Br2O3. The van der Waals surface area contributed by atoms with E-state index in [0.29, 0.717) is 20.8 Å². The first kappa shape index (κ1) is 10.4. The number of carbonyl (C=O) groups excluding carboxylic acids is 1. The summed E-state index contributed by atoms with van der Waals surface area (Å²) in [7, 11) is 0. The number of aldehydes is 1. The maximum Gasteiger partial charge on any atom is 0.336 e. The topological polar surface area (TPSA) is 54.4 Å². The first-order valence-corrected chi connectivity index (χ1v) is 4.83. The average Bonchev–Trinajstić information content (AvgIpc) is 2.09. The van der Waals surface area contributed by atoms with Gasteiger partial charge in [0.15, 0.2) is 6.29 Å². The van der Waals surface area contributed by atoms with Gasteiger partial charge in [-0.1, -0.05) is 0 Å². The lowest BCUT2D eigenvalue weighted by Gasteiger charge is -2.03. The van der Waals surface area contributed by atoms with Crippen LogP contribution in [0.15, 0.2) is 21.1 Å². The van der Waals surface area contributed by atoms with E-state index in [9.17, 15) is 9.59 Å². The Balaban J connectivity index is 3.39. The standard InChI is InChI=1S/C8H4Br2O3/c9-6-4(3-11)1-2-5(7(6)10)8(12)13/h1-3H,(H,12,13). The van der Waals surface area contributed by atoms with E-state index >= 15 is 0 Å². The fourth-order valence-electron chi connectivity index (χ4n) is 0.821. The van der Waals surface area contributed by atoms with Crippen LogP contribution in [0.4, 0.5) is 0 Å². The number of halogens is 2. The molecule has 0 bridgehead atoms. The molecule has 0 unspecified atom stereocenters. The second kappa shape index (κ2) is 4.02. The van der Waals surface area contributed by atoms with Crippen molar-refractivity contribution in [3.8, 4) is 0 Å². The fraction of sp³-hybridized carbons (Fsp3) is 0. The van der Waals surface area contributed by atoms with Crippen LogP contribution >= 0.6 is 31.9 Å². The summed E-state index contributed by atoms with van der Waals surface area (Å²) in [6, 6.07) is 2.83. The lowest BCUT2D eigenvalue weighted by Crippen LogP contribution is -1.99. The molecule has 0 aromatic heterocycles. The van der Waals surface area contributed by atoms with Crippen molar-refractivity contribution in [2.75, 3.05) is 0 Å². The molecule has 0 amide bonds. The van der Waals surface area contributed by atoms with Crippen LogP contribution in [0.5, 0.6) is 0 Å². The maximum absolute atomic E-state index is 10.6. The third-order valence-electron chi connectivity index (χ3n) is 1.47. The van der Waals surface area contributed by atoms with E-state index in [2.05, 4.69) is 31.9 Å². The minimum Gasteiger partial charge on any atom is -0.478 e. The van der Waals surface area contributed by atoms with Crippen molar-refractivity contribution >= 4 is 44.1 Å². The lowest BCUT2D eigenvalue weighted by molar-refractivity contribution is 0.0695. The molecule has 0 saturated heterocycles. The fourth-order valence-corrected chi connectivity index (χ4v) is 1.79. The summed E-state index contributed by atoms with van der Waals surface area (Å²) < 4.78 is 0.840. The molecule has 3 nitrogen and oxygen atoms in total. The molecule has 5 heteroatoms. The Morgan fingerprint density at radius 1 is 1.31 bits per heavy atom. The van der Waals surface area contributed by atoms with Crippen LogP contribution in [-0.4, -0.2) is 17.4 Å². The van der Waals surface area contributed by atoms with Crippen molar-refractivity contribution < 1.29 is 14.7 Å². The molecule has 1 aromatic rings. The van der Waals surface area contributed by atoms with Gasteiger partial charge in [0.25, 0.3) is 0 Å². The number of rotatable bonds is 2. The summed E-state index contributed by atoms with van der Waals surface area (Å²) in [6.45, 7) is 0. The molecule has 0 aliphatic carbocycles. The van der Waals surface area contributed by atoms with Crippen molar-refractivity contribution in [3.63, 3.8) is 0 Å². The molecule has 1 aromatic carbocycles. The van der Waals surface area contributed by atoms with Crippen LogP contribution in [0.25, 0.3) is 0 Å². The molecule has 0 saturated carbocycles. The van der Waals surface area contributed by atoms with Crippen molar-refractivity contribution in [3.05, 3.63) is 32.2 Å². The van der Waals surface area contributed by atoms with Crippen LogP contribution in [0.2, 0.25) is 0 Å². The first-order valence-electron chi connectivity index (χ1n) is 3.24. The summed E-state index contributed by atoms with van der Waals surface area (Å²) in [6.07, 6.45) is 0.653. The van der Waals surface area contributed by atoms with Crippen LogP contribution in [0.1, 0.15) is 20.7 Å². The predicted molar refractivity (Wildman–Crippen MR) is 54.2 cm³/mol. The van der Waals surface area contributed by atoms with Crippen LogP contribution in [0.3, 0.4) is 0 Å². The van der Waals surface area contributed by atoms with Gasteiger partial charge in [0, 0.05) is 14.5 Å². The molecule has 1 rings (SSSR count). The van der Waals surface area contributed by atoms with Crippen molar-refractivity contribution in [1.29, 1.82) is 0 Å². The highest BCUT2D eigenvalue weighted by atomic mass is 79.9. The predicted octanol–water partition coefficient (Wildman–Crippen LogP) is 2.72. The summed E-state index contributed by atoms with van der Waals surface area (Å²) in [5.74, 6) is -1.04. The SMILES string of the molecule is O=Cc1ccc(C(=O)O)c(Br)c1Br. The van der Waals surface area contributed by atoms with E-state index in [-0.39, 0.29) is 5.56 Å². The highest BCUT2D eigenvalue weighted by Crippen LogP contribution is 2.29. The van der Waals surface area contributed by atoms with Gasteiger partial charge >= 0.3 is 5.97 Å².